The number of ether oxygens (including phenoxy) is 1. The molecule has 0 saturated carbocycles. The molecule has 0 unspecified atom stereocenters. The lowest BCUT2D eigenvalue weighted by Gasteiger charge is -2.20. The number of nitrogens with one attached hydrogen (secondary N) is 2. The molecule has 1 aliphatic rings. The minimum absolute atomic E-state index is 0.00558. The average molecular weight is 428 g/mol. The van der Waals surface area contributed by atoms with Crippen molar-refractivity contribution in [3.63, 3.8) is 0 Å². The largest absolute Gasteiger partial charge is 0.478 e. The van der Waals surface area contributed by atoms with Crippen molar-refractivity contribution in [3.8, 4) is 28.3 Å². The van der Waals surface area contributed by atoms with Crippen molar-refractivity contribution in [2.24, 2.45) is 0 Å². The summed E-state index contributed by atoms with van der Waals surface area (Å²) in [6.07, 6.45) is 2.96. The zero-order valence-corrected chi connectivity index (χ0v) is 16.5. The third kappa shape index (κ3) is 2.86. The maximum atomic E-state index is 14.1. The van der Waals surface area contributed by atoms with Gasteiger partial charge in [-0.3, -0.25) is 15.9 Å². The van der Waals surface area contributed by atoms with E-state index in [1.165, 1.54) is 18.3 Å². The number of nitrogens with two attached hydrogens (primary N) is 1. The normalized spacial score (nSPS) is 15.2. The zero-order valence-electron chi connectivity index (χ0n) is 15.8. The molecule has 30 heavy (non-hydrogen) atoms. The van der Waals surface area contributed by atoms with Crippen LogP contribution in [0.4, 0.5) is 10.2 Å². The molecule has 10 heteroatoms. The van der Waals surface area contributed by atoms with Crippen LogP contribution >= 0.6 is 11.6 Å². The van der Waals surface area contributed by atoms with Crippen LogP contribution in [0.1, 0.15) is 29.7 Å². The maximum Gasteiger partial charge on any atom is 0.354 e. The molecule has 152 valence electrons. The second kappa shape index (κ2) is 6.74. The molecule has 0 aliphatic carbocycles. The number of benzene rings is 1. The van der Waals surface area contributed by atoms with E-state index in [-0.39, 0.29) is 11.6 Å². The first-order valence-corrected chi connectivity index (χ1v) is 9.56. The molecule has 5 N–H and O–H groups in total. The molecule has 8 nitrogen and oxygen atoms in total. The van der Waals surface area contributed by atoms with Crippen LogP contribution in [0.3, 0.4) is 0 Å². The van der Waals surface area contributed by atoms with Crippen LogP contribution < -0.4 is 15.2 Å². The minimum atomic E-state index is -0.578. The summed E-state index contributed by atoms with van der Waals surface area (Å²) in [5, 5.41) is 24.9. The van der Waals surface area contributed by atoms with E-state index < -0.39 is 11.9 Å². The van der Waals surface area contributed by atoms with E-state index in [0.29, 0.717) is 34.0 Å². The van der Waals surface area contributed by atoms with Crippen molar-refractivity contribution < 1.29 is 19.1 Å². The number of nitrogen functional groups attached to an aromatic ring is 1. The molecule has 3 aromatic heterocycles. The van der Waals surface area contributed by atoms with E-state index in [4.69, 9.17) is 22.1 Å². The van der Waals surface area contributed by atoms with E-state index in [2.05, 4.69) is 20.4 Å². The number of anilines is 1. The van der Waals surface area contributed by atoms with Crippen LogP contribution in [0, 0.1) is 5.82 Å². The van der Waals surface area contributed by atoms with Crippen LogP contribution in [0.5, 0.6) is 5.75 Å². The smallest absolute Gasteiger partial charge is 0.354 e. The van der Waals surface area contributed by atoms with Crippen molar-refractivity contribution in [3.05, 3.63) is 64.3 Å². The number of halogens is 2. The maximum absolute atomic E-state index is 14.1. The molecule has 0 saturated heterocycles. The highest BCUT2D eigenvalue weighted by molar-refractivity contribution is 6.30. The van der Waals surface area contributed by atoms with E-state index >= 15 is 0 Å². The first-order chi connectivity index (χ1) is 14.4. The van der Waals surface area contributed by atoms with Crippen LogP contribution in [0.15, 0.2) is 36.7 Å². The Bertz CT molecular complexity index is 1280. The van der Waals surface area contributed by atoms with Crippen molar-refractivity contribution in [1.82, 2.24) is 20.4 Å². The van der Waals surface area contributed by atoms with Crippen LogP contribution in [-0.2, 0) is 6.42 Å². The minimum Gasteiger partial charge on any atom is -0.478 e. The molecule has 0 amide bonds. The van der Waals surface area contributed by atoms with Crippen molar-refractivity contribution in [2.75, 3.05) is 5.73 Å². The summed E-state index contributed by atoms with van der Waals surface area (Å²) in [4.78, 5) is 0. The van der Waals surface area contributed by atoms with Gasteiger partial charge in [-0.15, -0.1) is 0 Å². The Morgan fingerprint density at radius 1 is 1.33 bits per heavy atom. The first kappa shape index (κ1) is 18.4. The fraction of sp³-hybridized carbons (Fsp3) is 0.150. The van der Waals surface area contributed by atoms with Crippen molar-refractivity contribution >= 4 is 17.4 Å². The lowest BCUT2D eigenvalue weighted by atomic mass is 9.95. The number of aromatic amines is 2. The van der Waals surface area contributed by atoms with Gasteiger partial charge in [-0.1, -0.05) is 11.6 Å². The summed E-state index contributed by atoms with van der Waals surface area (Å²) >= 11 is 6.39. The van der Waals surface area contributed by atoms with Gasteiger partial charge in [-0.05, 0) is 29.9 Å². The Hall–Kier alpha value is -3.59. The molecular weight excluding hydrogens is 411 g/mol. The van der Waals surface area contributed by atoms with Crippen molar-refractivity contribution in [2.45, 2.75) is 19.4 Å². The number of aromatic nitrogens is 5. The predicted octanol–water partition coefficient (Wildman–Crippen LogP) is 3.41. The Labute approximate surface area is 175 Å². The van der Waals surface area contributed by atoms with Gasteiger partial charge in [0.1, 0.15) is 29.0 Å². The summed E-state index contributed by atoms with van der Waals surface area (Å²) in [7, 11) is 0. The van der Waals surface area contributed by atoms with Gasteiger partial charge in [-0.2, -0.15) is 10.2 Å². The van der Waals surface area contributed by atoms with Gasteiger partial charge in [-0.25, -0.2) is 4.39 Å². The highest BCUT2D eigenvalue weighted by Crippen LogP contribution is 2.38. The Balaban J connectivity index is 1.82. The Morgan fingerprint density at radius 3 is 3.00 bits per heavy atom. The number of H-pyrrole nitrogens is 2. The van der Waals surface area contributed by atoms with Crippen molar-refractivity contribution in [1.29, 1.82) is 0 Å². The lowest BCUT2D eigenvalue weighted by Crippen LogP contribution is -2.34. The van der Waals surface area contributed by atoms with Crippen LogP contribution in [0.25, 0.3) is 22.5 Å². The molecule has 4 heterocycles. The standard InChI is InChI=1S/C20H16ClFN6O2/c1-9-14-6-12(22)2-3-13(14)17-10(7-24-25-17)4-15-18(26-27-19(15)21)11-5-16(30-9)20(23)28(29)8-11/h2-3,5-9,23,29H,4H2,1H3,(H2,24,25,26,27)/p+1/t9-/m1/s1. The van der Waals surface area contributed by atoms with E-state index in [1.807, 2.05) is 0 Å². The second-order valence-electron chi connectivity index (χ2n) is 7.13. The number of nitrogens with zero attached hydrogens (tertiary/aromatic N) is 3. The molecule has 0 radical (unpaired) electrons. The molecule has 5 rings (SSSR count). The molecule has 0 spiro atoms. The highest BCUT2D eigenvalue weighted by atomic mass is 35.5. The van der Waals surface area contributed by atoms with Gasteiger partial charge >= 0.3 is 5.82 Å². The van der Waals surface area contributed by atoms with Crippen LogP contribution in [-0.4, -0.2) is 25.6 Å². The monoisotopic (exact) mass is 427 g/mol. The molecule has 2 bridgehead atoms. The third-order valence-corrected chi connectivity index (χ3v) is 5.56. The van der Waals surface area contributed by atoms with Gasteiger partial charge < -0.3 is 9.94 Å². The van der Waals surface area contributed by atoms with E-state index in [1.54, 1.807) is 25.3 Å². The fourth-order valence-electron chi connectivity index (χ4n) is 3.75. The molecule has 0 fully saturated rings. The summed E-state index contributed by atoms with van der Waals surface area (Å²) in [6.45, 7) is 1.78. The van der Waals surface area contributed by atoms with Gasteiger partial charge in [0.05, 0.1) is 11.9 Å². The van der Waals surface area contributed by atoms with E-state index in [9.17, 15) is 9.60 Å². The Kier molecular flexibility index (Phi) is 4.14. The number of hydrogen-bond acceptors (Lipinski definition) is 5. The van der Waals surface area contributed by atoms with E-state index in [0.717, 1.165) is 21.6 Å². The molecule has 4 aromatic rings. The summed E-state index contributed by atoms with van der Waals surface area (Å²) in [5.74, 6) is -0.157. The fourth-order valence-corrected chi connectivity index (χ4v) is 3.95. The SMILES string of the molecule is C[C@H]1Oc2cc(c[n+](O)c2N)-c2n[nH]c(Cl)c2Cc2cn[nH]c2-c2ccc(F)cc21. The first-order valence-electron chi connectivity index (χ1n) is 9.18. The topological polar surface area (TPSA) is 117 Å². The van der Waals surface area contributed by atoms with Crippen LogP contribution in [0.2, 0.25) is 5.15 Å². The molecule has 1 aromatic carbocycles. The predicted molar refractivity (Wildman–Crippen MR) is 107 cm³/mol. The quantitative estimate of drug-likeness (QED) is 0.253. The number of rotatable bonds is 0. The Morgan fingerprint density at radius 2 is 2.17 bits per heavy atom. The molecule has 1 aliphatic heterocycles. The zero-order chi connectivity index (χ0) is 21.0. The molecular formula is C20H17ClFN6O2+. The average Bonchev–Trinajstić information content (AvgIpc) is 3.32. The van der Waals surface area contributed by atoms with Gasteiger partial charge in [0.25, 0.3) is 0 Å². The summed E-state index contributed by atoms with van der Waals surface area (Å²) in [5.41, 5.74) is 10.8. The van der Waals surface area contributed by atoms with Gasteiger partial charge in [0, 0.05) is 40.3 Å². The number of fused-ring (bicyclic) bond motifs is 7. The summed E-state index contributed by atoms with van der Waals surface area (Å²) < 4.78 is 20.9. The highest BCUT2D eigenvalue weighted by Gasteiger charge is 2.26. The van der Waals surface area contributed by atoms with Gasteiger partial charge in [0.2, 0.25) is 5.75 Å². The van der Waals surface area contributed by atoms with Gasteiger partial charge in [0.15, 0.2) is 0 Å². The number of hydrogen-bond donors (Lipinski definition) is 4. The lowest BCUT2D eigenvalue weighted by molar-refractivity contribution is -0.893. The second-order valence-corrected chi connectivity index (χ2v) is 7.50. The molecule has 1 atom stereocenters. The third-order valence-electron chi connectivity index (χ3n) is 5.25. The number of pyridine rings is 1. The summed E-state index contributed by atoms with van der Waals surface area (Å²) in [6, 6.07) is 6.15.